The predicted octanol–water partition coefficient (Wildman–Crippen LogP) is 1.79. The first-order valence-electron chi connectivity index (χ1n) is 8.64. The minimum absolute atomic E-state index is 0.0166. The van der Waals surface area contributed by atoms with E-state index in [9.17, 15) is 4.79 Å². The largest absolute Gasteiger partial charge is 0.404 e. The molecule has 0 aromatic carbocycles. The molecule has 1 aliphatic carbocycles. The van der Waals surface area contributed by atoms with Crippen molar-refractivity contribution in [3.63, 3.8) is 0 Å². The molecule has 1 saturated carbocycles. The van der Waals surface area contributed by atoms with Crippen LogP contribution in [0.25, 0.3) is 0 Å². The summed E-state index contributed by atoms with van der Waals surface area (Å²) in [6.45, 7) is 6.16. The van der Waals surface area contributed by atoms with E-state index in [0.717, 1.165) is 12.8 Å². The summed E-state index contributed by atoms with van der Waals surface area (Å²) in [5, 5.41) is 12.5. The highest BCUT2D eigenvalue weighted by molar-refractivity contribution is 6.17. The number of rotatable bonds is 6. The van der Waals surface area contributed by atoms with Gasteiger partial charge < -0.3 is 16.2 Å². The van der Waals surface area contributed by atoms with Gasteiger partial charge in [-0.25, -0.2) is 4.99 Å². The van der Waals surface area contributed by atoms with E-state index < -0.39 is 0 Å². The third kappa shape index (κ3) is 4.47. The van der Waals surface area contributed by atoms with Crippen molar-refractivity contribution in [3.05, 3.63) is 35.8 Å². The van der Waals surface area contributed by atoms with Crippen molar-refractivity contribution in [2.24, 2.45) is 10.7 Å². The number of nitrogens with one attached hydrogen (secondary N) is 1. The van der Waals surface area contributed by atoms with Crippen LogP contribution in [0.2, 0.25) is 0 Å². The molecule has 1 aliphatic heterocycles. The number of aliphatic hydroxyl groups excluding tert-OH is 1. The Kier molecular flexibility index (Phi) is 6.61. The summed E-state index contributed by atoms with van der Waals surface area (Å²) < 4.78 is 0. The standard InChI is InChI=1S/C18H28N4O2/c1-13-11-15(12-19)17(22(18(13)24)9-6-10-23)21-14(2)20-16-7-4-3-5-8-16/h11-12,16,20,23H,2-10,19H2,1H3/b15-12-,21-17+. The van der Waals surface area contributed by atoms with Gasteiger partial charge in [0.25, 0.3) is 5.91 Å². The topological polar surface area (TPSA) is 91.0 Å². The molecule has 1 amide bonds. The number of aliphatic hydroxyl groups is 1. The maximum absolute atomic E-state index is 12.5. The second-order valence-corrected chi connectivity index (χ2v) is 6.34. The van der Waals surface area contributed by atoms with E-state index in [-0.39, 0.29) is 12.5 Å². The van der Waals surface area contributed by atoms with Crippen LogP contribution in [0.4, 0.5) is 0 Å². The molecular weight excluding hydrogens is 304 g/mol. The average molecular weight is 332 g/mol. The minimum atomic E-state index is -0.113. The van der Waals surface area contributed by atoms with Crippen LogP contribution in [-0.4, -0.2) is 40.9 Å². The van der Waals surface area contributed by atoms with Crippen molar-refractivity contribution in [2.75, 3.05) is 13.2 Å². The van der Waals surface area contributed by atoms with Gasteiger partial charge >= 0.3 is 0 Å². The lowest BCUT2D eigenvalue weighted by atomic mass is 9.96. The zero-order chi connectivity index (χ0) is 17.5. The number of nitrogens with zero attached hydrogens (tertiary/aromatic N) is 2. The van der Waals surface area contributed by atoms with Crippen LogP contribution < -0.4 is 11.1 Å². The quantitative estimate of drug-likeness (QED) is 0.691. The van der Waals surface area contributed by atoms with Crippen molar-refractivity contribution in [2.45, 2.75) is 51.5 Å². The van der Waals surface area contributed by atoms with Crippen LogP contribution in [-0.2, 0) is 4.79 Å². The first kappa shape index (κ1) is 18.3. The van der Waals surface area contributed by atoms with Crippen molar-refractivity contribution in [1.29, 1.82) is 0 Å². The van der Waals surface area contributed by atoms with E-state index in [0.29, 0.717) is 41.8 Å². The van der Waals surface area contributed by atoms with Gasteiger partial charge in [0.05, 0.1) is 0 Å². The normalized spacial score (nSPS) is 22.8. The van der Waals surface area contributed by atoms with E-state index in [2.05, 4.69) is 16.9 Å². The number of hydrogen-bond donors (Lipinski definition) is 3. The van der Waals surface area contributed by atoms with Gasteiger partial charge in [-0.2, -0.15) is 0 Å². The van der Waals surface area contributed by atoms with Gasteiger partial charge in [0.1, 0.15) is 11.7 Å². The van der Waals surface area contributed by atoms with E-state index >= 15 is 0 Å². The highest BCUT2D eigenvalue weighted by Gasteiger charge is 2.28. The molecule has 132 valence electrons. The molecule has 4 N–H and O–H groups in total. The van der Waals surface area contributed by atoms with Crippen LogP contribution in [0.5, 0.6) is 0 Å². The number of aliphatic imine (C=N–C) groups is 1. The van der Waals surface area contributed by atoms with E-state index in [1.54, 1.807) is 17.9 Å². The first-order chi connectivity index (χ1) is 11.6. The molecule has 6 nitrogen and oxygen atoms in total. The fourth-order valence-corrected chi connectivity index (χ4v) is 3.15. The van der Waals surface area contributed by atoms with Crippen molar-refractivity contribution in [3.8, 4) is 0 Å². The number of hydrogen-bond acceptors (Lipinski definition) is 5. The second kappa shape index (κ2) is 8.68. The molecule has 0 unspecified atom stereocenters. The van der Waals surface area contributed by atoms with Gasteiger partial charge in [0.15, 0.2) is 0 Å². The van der Waals surface area contributed by atoms with Gasteiger partial charge in [-0.05, 0) is 32.3 Å². The minimum Gasteiger partial charge on any atom is -0.404 e. The Labute approximate surface area is 143 Å². The highest BCUT2D eigenvalue weighted by Crippen LogP contribution is 2.21. The molecule has 0 radical (unpaired) electrons. The third-order valence-electron chi connectivity index (χ3n) is 4.40. The maximum atomic E-state index is 12.5. The van der Waals surface area contributed by atoms with E-state index in [1.165, 1.54) is 25.5 Å². The maximum Gasteiger partial charge on any atom is 0.255 e. The summed E-state index contributed by atoms with van der Waals surface area (Å²) in [5.74, 6) is 0.930. The Bertz CT molecular complexity index is 572. The molecule has 1 fully saturated rings. The Morgan fingerprint density at radius 3 is 2.83 bits per heavy atom. The van der Waals surface area contributed by atoms with Crippen LogP contribution >= 0.6 is 0 Å². The van der Waals surface area contributed by atoms with Crippen molar-refractivity contribution in [1.82, 2.24) is 10.2 Å². The molecule has 0 atom stereocenters. The Morgan fingerprint density at radius 2 is 2.21 bits per heavy atom. The van der Waals surface area contributed by atoms with Gasteiger partial charge in [-0.15, -0.1) is 0 Å². The Hall–Kier alpha value is -2.08. The smallest absolute Gasteiger partial charge is 0.255 e. The lowest BCUT2D eigenvalue weighted by molar-refractivity contribution is -0.123. The second-order valence-electron chi connectivity index (χ2n) is 6.34. The number of carbonyl (C=O) groups excluding carboxylic acids is 1. The number of amidine groups is 1. The summed E-state index contributed by atoms with van der Waals surface area (Å²) in [6.07, 6.45) is 9.65. The summed E-state index contributed by atoms with van der Waals surface area (Å²) in [7, 11) is 0. The lowest BCUT2D eigenvalue weighted by Crippen LogP contribution is -2.43. The first-order valence-corrected chi connectivity index (χ1v) is 8.64. The van der Waals surface area contributed by atoms with Crippen molar-refractivity contribution < 1.29 is 9.90 Å². The van der Waals surface area contributed by atoms with Crippen molar-refractivity contribution >= 4 is 11.7 Å². The van der Waals surface area contributed by atoms with E-state index in [1.807, 2.05) is 0 Å². The fourth-order valence-electron chi connectivity index (χ4n) is 3.15. The molecule has 1 heterocycles. The van der Waals surface area contributed by atoms with Crippen LogP contribution in [0.15, 0.2) is 40.8 Å². The summed E-state index contributed by atoms with van der Waals surface area (Å²) in [5.41, 5.74) is 7.02. The molecule has 0 aromatic rings. The molecule has 0 saturated heterocycles. The summed E-state index contributed by atoms with van der Waals surface area (Å²) >= 11 is 0. The molecule has 0 spiro atoms. The van der Waals surface area contributed by atoms with Crippen LogP contribution in [0, 0.1) is 0 Å². The lowest BCUT2D eigenvalue weighted by Gasteiger charge is -2.30. The zero-order valence-electron chi connectivity index (χ0n) is 14.4. The molecular formula is C18H28N4O2. The van der Waals surface area contributed by atoms with E-state index in [4.69, 9.17) is 10.8 Å². The third-order valence-corrected chi connectivity index (χ3v) is 4.40. The zero-order valence-corrected chi connectivity index (χ0v) is 14.4. The average Bonchev–Trinajstić information content (AvgIpc) is 2.58. The molecule has 2 aliphatic rings. The molecule has 0 aromatic heterocycles. The molecule has 0 bridgehead atoms. The van der Waals surface area contributed by atoms with Gasteiger partial charge in [0.2, 0.25) is 0 Å². The van der Waals surface area contributed by atoms with Gasteiger partial charge in [-0.3, -0.25) is 9.69 Å². The molecule has 6 heteroatoms. The summed E-state index contributed by atoms with van der Waals surface area (Å²) in [4.78, 5) is 18.6. The van der Waals surface area contributed by atoms with Gasteiger partial charge in [0, 0.05) is 36.5 Å². The van der Waals surface area contributed by atoms with Crippen LogP contribution in [0.3, 0.4) is 0 Å². The SMILES string of the molecule is C=C(/N=C1\C(=C/N)C=C(C)C(=O)N1CCCO)NC1CCCCC1. The Morgan fingerprint density at radius 1 is 1.50 bits per heavy atom. The fraction of sp³-hybridized carbons (Fsp3) is 0.556. The highest BCUT2D eigenvalue weighted by atomic mass is 16.3. The number of amides is 1. The molecule has 24 heavy (non-hydrogen) atoms. The number of carbonyl (C=O) groups is 1. The van der Waals surface area contributed by atoms with Gasteiger partial charge in [-0.1, -0.05) is 25.8 Å². The Balaban J connectivity index is 2.20. The number of nitrogens with two attached hydrogens (primary N) is 1. The molecule has 2 rings (SSSR count). The predicted molar refractivity (Wildman–Crippen MR) is 96.0 cm³/mol. The monoisotopic (exact) mass is 332 g/mol. The summed E-state index contributed by atoms with van der Waals surface area (Å²) in [6, 6.07) is 0.392. The van der Waals surface area contributed by atoms with Crippen LogP contribution in [0.1, 0.15) is 45.4 Å².